The van der Waals surface area contributed by atoms with E-state index in [0.717, 1.165) is 38.8 Å². The molecule has 6 heteroatoms. The first kappa shape index (κ1) is 28.5. The molecule has 2 atom stereocenters. The largest absolute Gasteiger partial charge is 0.504 e. The number of hydrogen-bond donors (Lipinski definition) is 5. The molecular weight excluding hydrogens is 462 g/mol. The first-order chi connectivity index (χ1) is 17.8. The predicted molar refractivity (Wildman–Crippen MR) is 153 cm³/mol. The number of fused-ring (bicyclic) bond motifs is 2. The quantitative estimate of drug-likeness (QED) is 0.197. The lowest BCUT2D eigenvalue weighted by Gasteiger charge is -2.27. The highest BCUT2D eigenvalue weighted by atomic mass is 16.3. The number of nitrogens with one attached hydrogen (secondary N) is 2. The van der Waals surface area contributed by atoms with Gasteiger partial charge >= 0.3 is 0 Å². The molecule has 0 bridgehead atoms. The topological polar surface area (TPSA) is 88.0 Å². The molecule has 1 aliphatic heterocycles. The Balaban J connectivity index is 0.000000209. The fourth-order valence-corrected chi connectivity index (χ4v) is 4.84. The maximum atomic E-state index is 10.2. The third-order valence-electron chi connectivity index (χ3n) is 6.75. The van der Waals surface area contributed by atoms with Crippen LogP contribution in [0.2, 0.25) is 0 Å². The molecule has 2 unspecified atom stereocenters. The maximum Gasteiger partial charge on any atom is 0.157 e. The monoisotopic (exact) mass is 505 g/mol. The maximum absolute atomic E-state index is 10.2. The minimum Gasteiger partial charge on any atom is -0.504 e. The van der Waals surface area contributed by atoms with Gasteiger partial charge in [-0.1, -0.05) is 63.2 Å². The summed E-state index contributed by atoms with van der Waals surface area (Å²) in [5.41, 5.74) is 6.30. The highest BCUT2D eigenvalue weighted by Gasteiger charge is 2.21. The third kappa shape index (κ3) is 7.71. The number of aliphatic hydroxyl groups is 1. The zero-order chi connectivity index (χ0) is 26.8. The molecule has 200 valence electrons. The molecule has 0 amide bonds. The van der Waals surface area contributed by atoms with Gasteiger partial charge in [0.2, 0.25) is 0 Å². The van der Waals surface area contributed by atoms with Gasteiger partial charge in [0.15, 0.2) is 11.5 Å². The molecule has 0 saturated heterocycles. The summed E-state index contributed by atoms with van der Waals surface area (Å²) in [6.07, 6.45) is 3.50. The van der Waals surface area contributed by atoms with E-state index in [4.69, 9.17) is 0 Å². The Bertz CT molecular complexity index is 1070. The van der Waals surface area contributed by atoms with Crippen LogP contribution in [0.4, 0.5) is 11.4 Å². The van der Waals surface area contributed by atoms with Crippen LogP contribution in [0.25, 0.3) is 0 Å². The first-order valence-corrected chi connectivity index (χ1v) is 13.4. The minimum absolute atomic E-state index is 0.0704. The minimum atomic E-state index is -0.700. The van der Waals surface area contributed by atoms with Crippen molar-refractivity contribution in [1.29, 1.82) is 0 Å². The second kappa shape index (κ2) is 14.0. The van der Waals surface area contributed by atoms with Gasteiger partial charge < -0.3 is 30.9 Å². The molecule has 5 N–H and O–H groups in total. The molecule has 0 saturated carbocycles. The Hall–Kier alpha value is -3.06. The van der Waals surface area contributed by atoms with Crippen molar-refractivity contribution >= 4 is 11.4 Å². The molecule has 3 aromatic rings. The number of phenolic OH excluding ortho intramolecular Hbond substituents is 2. The predicted octanol–water partition coefficient (Wildman–Crippen LogP) is 5.44. The molecule has 3 aromatic carbocycles. The number of phenols is 2. The Morgan fingerprint density at radius 3 is 1.97 bits per heavy atom. The van der Waals surface area contributed by atoms with Gasteiger partial charge in [-0.15, -0.1) is 0 Å². The van der Waals surface area contributed by atoms with Gasteiger partial charge in [-0.25, -0.2) is 0 Å². The van der Waals surface area contributed by atoms with Crippen molar-refractivity contribution in [3.8, 4) is 11.5 Å². The van der Waals surface area contributed by atoms with E-state index in [1.54, 1.807) is 6.07 Å². The standard InChI is InChI=1S/C18H22N2.C13H21NO3/c1-19-13-6-14-20-17-9-4-2-7-15(17)11-12-16-8-3-5-10-18(16)20;1-4-10(14-8(2)3)13(17)9-5-6-11(15)12(16)7-9/h2-5,7-10,19H,6,11-14H2,1H3;5-8,10,13-17H,4H2,1-3H3. The highest BCUT2D eigenvalue weighted by Crippen LogP contribution is 2.35. The average molecular weight is 506 g/mol. The molecule has 37 heavy (non-hydrogen) atoms. The van der Waals surface area contributed by atoms with E-state index in [1.807, 2.05) is 27.8 Å². The molecule has 0 aromatic heterocycles. The molecule has 1 aliphatic rings. The zero-order valence-electron chi connectivity index (χ0n) is 22.6. The van der Waals surface area contributed by atoms with Crippen LogP contribution >= 0.6 is 0 Å². The van der Waals surface area contributed by atoms with E-state index in [0.29, 0.717) is 5.56 Å². The summed E-state index contributed by atoms with van der Waals surface area (Å²) < 4.78 is 0. The van der Waals surface area contributed by atoms with Gasteiger partial charge in [-0.2, -0.15) is 0 Å². The number of benzene rings is 3. The van der Waals surface area contributed by atoms with Crippen LogP contribution in [0.15, 0.2) is 66.7 Å². The smallest absolute Gasteiger partial charge is 0.157 e. The molecule has 0 spiro atoms. The van der Waals surface area contributed by atoms with Crippen molar-refractivity contribution in [2.45, 2.75) is 64.6 Å². The van der Waals surface area contributed by atoms with Gasteiger partial charge in [0.1, 0.15) is 0 Å². The fourth-order valence-electron chi connectivity index (χ4n) is 4.84. The van der Waals surface area contributed by atoms with Gasteiger partial charge in [-0.05, 0) is 80.2 Å². The summed E-state index contributed by atoms with van der Waals surface area (Å²) in [4.78, 5) is 2.50. The van der Waals surface area contributed by atoms with E-state index in [1.165, 1.54) is 34.6 Å². The number of nitrogens with zero attached hydrogens (tertiary/aromatic N) is 1. The Morgan fingerprint density at radius 1 is 0.865 bits per heavy atom. The van der Waals surface area contributed by atoms with E-state index in [2.05, 4.69) is 64.1 Å². The number of para-hydroxylation sites is 2. The van der Waals surface area contributed by atoms with Crippen LogP contribution in [-0.4, -0.2) is 47.5 Å². The summed E-state index contributed by atoms with van der Waals surface area (Å²) in [7, 11) is 2.02. The molecule has 0 radical (unpaired) electrons. The number of aliphatic hydroxyl groups excluding tert-OH is 1. The number of hydrogen-bond acceptors (Lipinski definition) is 6. The van der Waals surface area contributed by atoms with Crippen LogP contribution in [0.5, 0.6) is 11.5 Å². The number of anilines is 2. The lowest BCUT2D eigenvalue weighted by Crippen LogP contribution is -2.38. The normalized spacial score (nSPS) is 14.2. The molecule has 1 heterocycles. The lowest BCUT2D eigenvalue weighted by atomic mass is 9.99. The molecule has 6 nitrogen and oxygen atoms in total. The van der Waals surface area contributed by atoms with E-state index in [-0.39, 0.29) is 23.6 Å². The fraction of sp³-hybridized carbons (Fsp3) is 0.419. The van der Waals surface area contributed by atoms with Crippen molar-refractivity contribution in [3.05, 3.63) is 83.4 Å². The van der Waals surface area contributed by atoms with Gasteiger partial charge in [0.05, 0.1) is 6.10 Å². The molecular formula is C31H43N3O3. The average Bonchev–Trinajstić information content (AvgIpc) is 3.06. The van der Waals surface area contributed by atoms with E-state index < -0.39 is 6.10 Å². The van der Waals surface area contributed by atoms with Gasteiger partial charge in [0, 0.05) is 30.0 Å². The van der Waals surface area contributed by atoms with Crippen LogP contribution in [0.3, 0.4) is 0 Å². The Morgan fingerprint density at radius 2 is 1.46 bits per heavy atom. The first-order valence-electron chi connectivity index (χ1n) is 13.4. The van der Waals surface area contributed by atoms with Crippen molar-refractivity contribution in [3.63, 3.8) is 0 Å². The molecule has 0 aliphatic carbocycles. The number of aryl methyl sites for hydroxylation is 2. The van der Waals surface area contributed by atoms with Crippen molar-refractivity contribution < 1.29 is 15.3 Å². The van der Waals surface area contributed by atoms with Crippen LogP contribution in [0, 0.1) is 0 Å². The number of aromatic hydroxyl groups is 2. The summed E-state index contributed by atoms with van der Waals surface area (Å²) in [6.45, 7) is 8.15. The van der Waals surface area contributed by atoms with Crippen molar-refractivity contribution in [1.82, 2.24) is 10.6 Å². The highest BCUT2D eigenvalue weighted by molar-refractivity contribution is 5.71. The Kier molecular flexibility index (Phi) is 10.8. The summed E-state index contributed by atoms with van der Waals surface area (Å²) >= 11 is 0. The van der Waals surface area contributed by atoms with Crippen LogP contribution in [0.1, 0.15) is 56.4 Å². The lowest BCUT2D eigenvalue weighted by molar-refractivity contribution is 0.121. The second-order valence-corrected chi connectivity index (χ2v) is 9.90. The molecule has 4 rings (SSSR count). The summed E-state index contributed by atoms with van der Waals surface area (Å²) in [6, 6.07) is 22.3. The summed E-state index contributed by atoms with van der Waals surface area (Å²) in [5, 5.41) is 35.3. The van der Waals surface area contributed by atoms with Crippen LogP contribution < -0.4 is 15.5 Å². The summed E-state index contributed by atoms with van der Waals surface area (Å²) in [5.74, 6) is -0.383. The van der Waals surface area contributed by atoms with Gasteiger partial charge in [0.25, 0.3) is 0 Å². The van der Waals surface area contributed by atoms with Crippen LogP contribution in [-0.2, 0) is 12.8 Å². The molecule has 0 fully saturated rings. The third-order valence-corrected chi connectivity index (χ3v) is 6.75. The SMILES string of the molecule is CCC(NC(C)C)C(O)c1ccc(O)c(O)c1.CNCCCN1c2ccccc2CCc2ccccc21. The van der Waals surface area contributed by atoms with Gasteiger partial charge in [-0.3, -0.25) is 0 Å². The van der Waals surface area contributed by atoms with Crippen molar-refractivity contribution in [2.24, 2.45) is 0 Å². The van der Waals surface area contributed by atoms with E-state index in [9.17, 15) is 15.3 Å². The van der Waals surface area contributed by atoms with E-state index >= 15 is 0 Å². The zero-order valence-corrected chi connectivity index (χ0v) is 22.6. The number of rotatable bonds is 9. The second-order valence-electron chi connectivity index (χ2n) is 9.90. The van der Waals surface area contributed by atoms with Crippen molar-refractivity contribution in [2.75, 3.05) is 25.0 Å². The Labute approximate surface area is 222 Å².